The lowest BCUT2D eigenvalue weighted by Crippen LogP contribution is -2.34. The molecule has 1 saturated heterocycles. The van der Waals surface area contributed by atoms with E-state index < -0.39 is 0 Å². The van der Waals surface area contributed by atoms with Crippen molar-refractivity contribution in [3.05, 3.63) is 52.8 Å². The number of ether oxygens (including phenoxy) is 2. The number of nitrogens with two attached hydrogens (primary N) is 1. The molecule has 1 aliphatic heterocycles. The van der Waals surface area contributed by atoms with E-state index in [2.05, 4.69) is 36.0 Å². The van der Waals surface area contributed by atoms with E-state index in [1.54, 1.807) is 35.5 Å². The summed E-state index contributed by atoms with van der Waals surface area (Å²) in [5.41, 5.74) is 7.01. The molecule has 1 aliphatic rings. The Morgan fingerprint density at radius 3 is 2.17 bits per heavy atom. The molecule has 3 rings (SSSR count). The maximum atomic E-state index is 12.1. The number of anilines is 1. The molecule has 11 heteroatoms. The van der Waals surface area contributed by atoms with Crippen LogP contribution in [0, 0.1) is 0 Å². The third-order valence-electron chi connectivity index (χ3n) is 8.11. The predicted molar refractivity (Wildman–Crippen MR) is 196 cm³/mol. The van der Waals surface area contributed by atoms with E-state index in [4.69, 9.17) is 26.8 Å². The molecule has 48 heavy (non-hydrogen) atoms. The smallest absolute Gasteiger partial charge is 0.339 e. The van der Waals surface area contributed by atoms with Gasteiger partial charge in [0, 0.05) is 51.6 Å². The fourth-order valence-electron chi connectivity index (χ4n) is 4.98. The number of likely N-dealkylation sites (N-methyl/N-ethyl adjacent to an activating group) is 1. The van der Waals surface area contributed by atoms with Gasteiger partial charge in [0.05, 0.1) is 35.6 Å². The van der Waals surface area contributed by atoms with Crippen LogP contribution in [0.1, 0.15) is 119 Å². The van der Waals surface area contributed by atoms with Crippen LogP contribution in [-0.4, -0.2) is 86.1 Å². The molecule has 2 amide bonds. The van der Waals surface area contributed by atoms with Crippen molar-refractivity contribution in [2.75, 3.05) is 59.2 Å². The number of rotatable bonds is 19. The van der Waals surface area contributed by atoms with Crippen molar-refractivity contribution >= 4 is 35.1 Å². The van der Waals surface area contributed by atoms with Crippen molar-refractivity contribution in [3.8, 4) is 5.75 Å². The Kier molecular flexibility index (Phi) is 23.6. The van der Waals surface area contributed by atoms with Crippen LogP contribution in [0.15, 0.2) is 36.7 Å². The number of carbonyl (C=O) groups excluding carboxylic acids is 3. The summed E-state index contributed by atoms with van der Waals surface area (Å²) < 4.78 is 10.4. The van der Waals surface area contributed by atoms with Crippen LogP contribution in [0.3, 0.4) is 0 Å². The van der Waals surface area contributed by atoms with Gasteiger partial charge in [0.1, 0.15) is 5.75 Å². The molecule has 0 spiro atoms. The summed E-state index contributed by atoms with van der Waals surface area (Å²) in [5, 5.41) is 3.21. The molecular weight excluding hydrogens is 630 g/mol. The Morgan fingerprint density at radius 1 is 1.02 bits per heavy atom. The number of nitrogen functional groups attached to an aromatic ring is 1. The topological polar surface area (TPSA) is 127 Å². The van der Waals surface area contributed by atoms with E-state index in [1.165, 1.54) is 64.5 Å². The molecule has 10 nitrogen and oxygen atoms in total. The zero-order valence-corrected chi connectivity index (χ0v) is 30.8. The zero-order valence-electron chi connectivity index (χ0n) is 30.0. The lowest BCUT2D eigenvalue weighted by molar-refractivity contribution is -0.126. The normalized spacial score (nSPS) is 12.1. The Balaban J connectivity index is 0.000000399. The molecule has 1 aromatic heterocycles. The number of hydrogen-bond acceptors (Lipinski definition) is 8. The molecule has 3 N–H and O–H groups in total. The number of hydrogen-bond donors (Lipinski definition) is 2. The number of pyridine rings is 1. The molecule has 0 unspecified atom stereocenters. The molecule has 2 aromatic rings. The first-order valence-electron chi connectivity index (χ1n) is 17.6. The van der Waals surface area contributed by atoms with E-state index in [0.717, 1.165) is 51.9 Å². The zero-order chi connectivity index (χ0) is 35.6. The van der Waals surface area contributed by atoms with Crippen LogP contribution >= 0.6 is 11.6 Å². The van der Waals surface area contributed by atoms with Crippen molar-refractivity contribution < 1.29 is 23.9 Å². The van der Waals surface area contributed by atoms with Gasteiger partial charge in [-0.25, -0.2) is 4.79 Å². The largest absolute Gasteiger partial charge is 0.496 e. The van der Waals surface area contributed by atoms with Gasteiger partial charge in [-0.3, -0.25) is 14.6 Å². The van der Waals surface area contributed by atoms with Gasteiger partial charge in [-0.2, -0.15) is 0 Å². The summed E-state index contributed by atoms with van der Waals surface area (Å²) >= 11 is 5.95. The number of carbonyl (C=O) groups is 3. The number of nitrogens with zero attached hydrogens (tertiary/aromatic N) is 3. The van der Waals surface area contributed by atoms with E-state index >= 15 is 0 Å². The SMILES string of the molecule is CCCCCCCCCCCCOC(=O)c1cccnc1.CCN(CC)CCNC(=O)c1cc(Cl)c(N)cc1OC.CN1CCCC1=O. The molecule has 0 radical (unpaired) electrons. The molecule has 0 saturated carbocycles. The average Bonchev–Trinajstić information content (AvgIpc) is 3.48. The number of amides is 2. The minimum absolute atomic E-state index is 0.212. The Bertz CT molecular complexity index is 1180. The molecule has 0 bridgehead atoms. The number of halogens is 1. The molecule has 1 fully saturated rings. The highest BCUT2D eigenvalue weighted by Gasteiger charge is 2.15. The third kappa shape index (κ3) is 18.2. The summed E-state index contributed by atoms with van der Waals surface area (Å²) in [4.78, 5) is 42.2. The standard InChI is InChI=1S/C18H29NO2.C14H22ClN3O2.C5H9NO/c1-2-3-4-5-6-7-8-9-10-11-15-21-18(20)17-13-12-14-19-16-17;1-4-18(5-2)7-6-17-14(19)10-8-11(15)12(16)9-13(10)20-3;1-6-4-2-3-5(6)7/h12-14,16H,2-11,15H2,1H3;8-9H,4-7,16H2,1-3H3,(H,17,19);2-4H2,1H3. The van der Waals surface area contributed by atoms with Gasteiger partial charge in [0.2, 0.25) is 5.91 Å². The van der Waals surface area contributed by atoms with E-state index in [0.29, 0.717) is 46.6 Å². The number of unbranched alkanes of at least 4 members (excludes halogenated alkanes) is 9. The average molecular weight is 690 g/mol. The summed E-state index contributed by atoms with van der Waals surface area (Å²) in [7, 11) is 3.34. The van der Waals surface area contributed by atoms with E-state index in [1.807, 2.05) is 7.05 Å². The summed E-state index contributed by atoms with van der Waals surface area (Å²) in [6.45, 7) is 11.2. The van der Waals surface area contributed by atoms with Gasteiger partial charge < -0.3 is 30.3 Å². The second-order valence-electron chi connectivity index (χ2n) is 11.8. The second-order valence-corrected chi connectivity index (χ2v) is 12.2. The first-order chi connectivity index (χ1) is 23.2. The van der Waals surface area contributed by atoms with Gasteiger partial charge >= 0.3 is 5.97 Å². The maximum absolute atomic E-state index is 12.1. The second kappa shape index (κ2) is 26.6. The molecular formula is C37H60ClN5O5. The Hall–Kier alpha value is -3.37. The van der Waals surface area contributed by atoms with Crippen LogP contribution in [0.5, 0.6) is 5.75 Å². The van der Waals surface area contributed by atoms with Crippen LogP contribution in [0.25, 0.3) is 0 Å². The summed E-state index contributed by atoms with van der Waals surface area (Å²) in [6.07, 6.45) is 17.9. The Morgan fingerprint density at radius 2 is 1.67 bits per heavy atom. The fourth-order valence-corrected chi connectivity index (χ4v) is 5.15. The van der Waals surface area contributed by atoms with Crippen LogP contribution in [0.2, 0.25) is 5.02 Å². The van der Waals surface area contributed by atoms with Gasteiger partial charge in [-0.1, -0.05) is 90.2 Å². The van der Waals surface area contributed by atoms with Crippen LogP contribution in [-0.2, 0) is 9.53 Å². The summed E-state index contributed by atoms with van der Waals surface area (Å²) in [5.74, 6) is 0.238. The summed E-state index contributed by atoms with van der Waals surface area (Å²) in [6, 6.07) is 6.56. The van der Waals surface area contributed by atoms with Gasteiger partial charge in [-0.15, -0.1) is 0 Å². The number of nitrogens with one attached hydrogen (secondary N) is 1. The minimum Gasteiger partial charge on any atom is -0.496 e. The van der Waals surface area contributed by atoms with Gasteiger partial charge in [0.25, 0.3) is 5.91 Å². The number of esters is 1. The highest BCUT2D eigenvalue weighted by atomic mass is 35.5. The first-order valence-corrected chi connectivity index (χ1v) is 18.0. The van der Waals surface area contributed by atoms with E-state index in [9.17, 15) is 14.4 Å². The van der Waals surface area contributed by atoms with Crippen molar-refractivity contribution in [2.45, 2.75) is 97.8 Å². The highest BCUT2D eigenvalue weighted by molar-refractivity contribution is 6.33. The van der Waals surface area contributed by atoms with E-state index in [-0.39, 0.29) is 11.9 Å². The minimum atomic E-state index is -0.265. The van der Waals surface area contributed by atoms with Gasteiger partial charge in [-0.05, 0) is 44.1 Å². The van der Waals surface area contributed by atoms with Crippen molar-refractivity contribution in [1.29, 1.82) is 0 Å². The van der Waals surface area contributed by atoms with Gasteiger partial charge in [0.15, 0.2) is 0 Å². The first kappa shape index (κ1) is 42.7. The molecule has 2 heterocycles. The lowest BCUT2D eigenvalue weighted by Gasteiger charge is -2.18. The monoisotopic (exact) mass is 689 g/mol. The lowest BCUT2D eigenvalue weighted by atomic mass is 10.1. The van der Waals surface area contributed by atoms with Crippen molar-refractivity contribution in [1.82, 2.24) is 20.1 Å². The van der Waals surface area contributed by atoms with Crippen LogP contribution in [0.4, 0.5) is 5.69 Å². The Labute approximate surface area is 294 Å². The molecule has 270 valence electrons. The van der Waals surface area contributed by atoms with Crippen molar-refractivity contribution in [2.24, 2.45) is 0 Å². The number of benzene rings is 1. The van der Waals surface area contributed by atoms with Crippen molar-refractivity contribution in [3.63, 3.8) is 0 Å². The maximum Gasteiger partial charge on any atom is 0.339 e. The predicted octanol–water partition coefficient (Wildman–Crippen LogP) is 7.40. The van der Waals surface area contributed by atoms with Crippen LogP contribution < -0.4 is 15.8 Å². The molecule has 0 aliphatic carbocycles. The molecule has 1 aromatic carbocycles. The quantitative estimate of drug-likeness (QED) is 0.0888. The number of methoxy groups -OCH3 is 1. The third-order valence-corrected chi connectivity index (χ3v) is 8.44. The number of likely N-dealkylation sites (tertiary alicyclic amines) is 1. The fraction of sp³-hybridized carbons (Fsp3) is 0.622. The molecule has 0 atom stereocenters. The number of aromatic nitrogens is 1. The highest BCUT2D eigenvalue weighted by Crippen LogP contribution is 2.28.